The summed E-state index contributed by atoms with van der Waals surface area (Å²) in [6.07, 6.45) is 0.668. The third-order valence-electron chi connectivity index (χ3n) is 2.28. The van der Waals surface area contributed by atoms with Crippen LogP contribution in [0.4, 0.5) is 0 Å². The number of aliphatic hydroxyl groups excluding tert-OH is 1. The molecule has 0 radical (unpaired) electrons. The van der Waals surface area contributed by atoms with Crippen LogP contribution in [-0.4, -0.2) is 10.1 Å². The Morgan fingerprint density at radius 2 is 2.00 bits per heavy atom. The van der Waals surface area contributed by atoms with E-state index in [2.05, 4.69) is 4.98 Å². The van der Waals surface area contributed by atoms with E-state index in [1.807, 2.05) is 37.3 Å². The van der Waals surface area contributed by atoms with Crippen LogP contribution in [0.5, 0.6) is 0 Å². The van der Waals surface area contributed by atoms with Gasteiger partial charge in [0.25, 0.3) is 0 Å². The Kier molecular flexibility index (Phi) is 2.83. The normalized spacial score (nSPS) is 10.5. The molecule has 0 unspecified atom stereocenters. The highest BCUT2D eigenvalue weighted by Crippen LogP contribution is 2.13. The van der Waals surface area contributed by atoms with Crippen LogP contribution in [0, 0.1) is 6.92 Å². The molecule has 0 aliphatic rings. The molecule has 1 heterocycles. The van der Waals surface area contributed by atoms with Crippen molar-refractivity contribution >= 4 is 0 Å². The van der Waals surface area contributed by atoms with Gasteiger partial charge in [0.1, 0.15) is 6.61 Å². The number of aryl methyl sites for hydroxylation is 1. The van der Waals surface area contributed by atoms with Gasteiger partial charge in [0.05, 0.1) is 5.69 Å². The van der Waals surface area contributed by atoms with Crippen molar-refractivity contribution in [1.82, 2.24) is 4.98 Å². The van der Waals surface area contributed by atoms with Gasteiger partial charge in [-0.1, -0.05) is 30.3 Å². The Morgan fingerprint density at radius 3 is 2.60 bits per heavy atom. The average molecular weight is 203 g/mol. The van der Waals surface area contributed by atoms with Gasteiger partial charge in [-0.3, -0.25) is 0 Å². The molecule has 0 spiro atoms. The summed E-state index contributed by atoms with van der Waals surface area (Å²) in [5.74, 6) is 1.21. The van der Waals surface area contributed by atoms with Gasteiger partial charge in [-0.15, -0.1) is 0 Å². The van der Waals surface area contributed by atoms with Gasteiger partial charge in [0.2, 0.25) is 0 Å². The maximum Gasteiger partial charge on any atom is 0.199 e. The Bertz CT molecular complexity index is 434. The van der Waals surface area contributed by atoms with E-state index in [9.17, 15) is 0 Å². The molecular formula is C12H13NO2. The Labute approximate surface area is 88.4 Å². The van der Waals surface area contributed by atoms with Gasteiger partial charge in [-0.2, -0.15) is 0 Å². The molecule has 0 atom stereocenters. The maximum atomic E-state index is 8.96. The number of hydrogen-bond donors (Lipinski definition) is 1. The maximum absolute atomic E-state index is 8.96. The first kappa shape index (κ1) is 9.93. The van der Waals surface area contributed by atoms with E-state index in [1.165, 1.54) is 0 Å². The summed E-state index contributed by atoms with van der Waals surface area (Å²) in [4.78, 5) is 4.25. The molecule has 0 saturated heterocycles. The van der Waals surface area contributed by atoms with Crippen LogP contribution in [0.15, 0.2) is 34.7 Å². The molecule has 3 heteroatoms. The molecule has 0 aliphatic heterocycles. The van der Waals surface area contributed by atoms with Crippen LogP contribution in [-0.2, 0) is 13.0 Å². The molecule has 15 heavy (non-hydrogen) atoms. The number of benzene rings is 1. The summed E-state index contributed by atoms with van der Waals surface area (Å²) in [6, 6.07) is 10.00. The van der Waals surface area contributed by atoms with E-state index < -0.39 is 0 Å². The summed E-state index contributed by atoms with van der Waals surface area (Å²) in [6.45, 7) is 1.75. The largest absolute Gasteiger partial charge is 0.443 e. The highest BCUT2D eigenvalue weighted by atomic mass is 16.4. The lowest BCUT2D eigenvalue weighted by Crippen LogP contribution is -1.87. The quantitative estimate of drug-likeness (QED) is 0.830. The summed E-state index contributed by atoms with van der Waals surface area (Å²) in [5, 5.41) is 8.96. The molecule has 0 saturated carbocycles. The minimum atomic E-state index is -0.0897. The first-order valence-electron chi connectivity index (χ1n) is 4.89. The molecule has 2 rings (SSSR count). The van der Waals surface area contributed by atoms with Crippen molar-refractivity contribution in [2.45, 2.75) is 20.0 Å². The lowest BCUT2D eigenvalue weighted by Gasteiger charge is -1.95. The first-order chi connectivity index (χ1) is 7.29. The van der Waals surface area contributed by atoms with Crippen molar-refractivity contribution in [3.8, 4) is 0 Å². The van der Waals surface area contributed by atoms with Crippen LogP contribution in [0.1, 0.15) is 22.9 Å². The number of aliphatic hydroxyl groups is 1. The molecule has 3 nitrogen and oxygen atoms in total. The molecule has 78 valence electrons. The molecule has 0 aliphatic carbocycles. The van der Waals surface area contributed by atoms with Crippen molar-refractivity contribution in [2.75, 3.05) is 0 Å². The third kappa shape index (κ3) is 2.25. The van der Waals surface area contributed by atoms with Crippen LogP contribution < -0.4 is 0 Å². The molecule has 0 fully saturated rings. The van der Waals surface area contributed by atoms with Crippen molar-refractivity contribution in [3.05, 3.63) is 53.2 Å². The van der Waals surface area contributed by atoms with E-state index in [1.54, 1.807) is 0 Å². The number of nitrogens with zero attached hydrogens (tertiary/aromatic N) is 1. The second-order valence-electron chi connectivity index (χ2n) is 3.44. The minimum Gasteiger partial charge on any atom is -0.443 e. The zero-order valence-electron chi connectivity index (χ0n) is 8.60. The number of oxazole rings is 1. The van der Waals surface area contributed by atoms with Gasteiger partial charge in [-0.05, 0) is 12.5 Å². The number of rotatable bonds is 3. The lowest BCUT2D eigenvalue weighted by molar-refractivity contribution is 0.243. The topological polar surface area (TPSA) is 46.3 Å². The van der Waals surface area contributed by atoms with Crippen molar-refractivity contribution in [3.63, 3.8) is 0 Å². The third-order valence-corrected chi connectivity index (χ3v) is 2.28. The zero-order chi connectivity index (χ0) is 10.7. The van der Waals surface area contributed by atoms with E-state index in [0.717, 1.165) is 11.3 Å². The van der Waals surface area contributed by atoms with Gasteiger partial charge in [-0.25, -0.2) is 4.98 Å². The summed E-state index contributed by atoms with van der Waals surface area (Å²) in [5.41, 5.74) is 1.92. The molecule has 0 bridgehead atoms. The van der Waals surface area contributed by atoms with E-state index in [4.69, 9.17) is 9.52 Å². The molecule has 1 aromatic heterocycles. The highest BCUT2D eigenvalue weighted by molar-refractivity contribution is 5.19. The van der Waals surface area contributed by atoms with Gasteiger partial charge < -0.3 is 9.52 Å². The van der Waals surface area contributed by atoms with Gasteiger partial charge in [0, 0.05) is 6.42 Å². The van der Waals surface area contributed by atoms with Crippen molar-refractivity contribution < 1.29 is 9.52 Å². The Balaban J connectivity index is 2.18. The molecule has 2 aromatic rings. The second kappa shape index (κ2) is 4.28. The van der Waals surface area contributed by atoms with E-state index >= 15 is 0 Å². The Morgan fingerprint density at radius 1 is 1.27 bits per heavy atom. The fourth-order valence-corrected chi connectivity index (χ4v) is 1.48. The number of aromatic nitrogens is 1. The smallest absolute Gasteiger partial charge is 0.199 e. The zero-order valence-corrected chi connectivity index (χ0v) is 8.60. The van der Waals surface area contributed by atoms with Crippen molar-refractivity contribution in [1.29, 1.82) is 0 Å². The predicted molar refractivity (Wildman–Crippen MR) is 56.4 cm³/mol. The predicted octanol–water partition coefficient (Wildman–Crippen LogP) is 2.07. The monoisotopic (exact) mass is 203 g/mol. The SMILES string of the molecule is Cc1nc(Cc2ccccc2)oc1CO. The lowest BCUT2D eigenvalue weighted by atomic mass is 10.1. The van der Waals surface area contributed by atoms with Crippen LogP contribution in [0.25, 0.3) is 0 Å². The molecule has 1 aromatic carbocycles. The summed E-state index contributed by atoms with van der Waals surface area (Å²) >= 11 is 0. The van der Waals surface area contributed by atoms with E-state index in [-0.39, 0.29) is 6.61 Å². The number of hydrogen-bond acceptors (Lipinski definition) is 3. The van der Waals surface area contributed by atoms with Crippen molar-refractivity contribution in [2.24, 2.45) is 0 Å². The van der Waals surface area contributed by atoms with Gasteiger partial charge >= 0.3 is 0 Å². The average Bonchev–Trinajstić information content (AvgIpc) is 2.60. The van der Waals surface area contributed by atoms with Crippen LogP contribution >= 0.6 is 0 Å². The summed E-state index contributed by atoms with van der Waals surface area (Å²) < 4.78 is 5.41. The van der Waals surface area contributed by atoms with E-state index in [0.29, 0.717) is 18.1 Å². The fraction of sp³-hybridized carbons (Fsp3) is 0.250. The van der Waals surface area contributed by atoms with Crippen LogP contribution in [0.2, 0.25) is 0 Å². The Hall–Kier alpha value is -1.61. The summed E-state index contributed by atoms with van der Waals surface area (Å²) in [7, 11) is 0. The second-order valence-corrected chi connectivity index (χ2v) is 3.44. The highest BCUT2D eigenvalue weighted by Gasteiger charge is 2.08. The standard InChI is InChI=1S/C12H13NO2/c1-9-11(8-14)15-12(13-9)7-10-5-3-2-4-6-10/h2-6,14H,7-8H2,1H3. The fourth-order valence-electron chi connectivity index (χ4n) is 1.48. The van der Waals surface area contributed by atoms with Gasteiger partial charge in [0.15, 0.2) is 11.7 Å². The molecular weight excluding hydrogens is 190 g/mol. The van der Waals surface area contributed by atoms with Crippen LogP contribution in [0.3, 0.4) is 0 Å². The first-order valence-corrected chi connectivity index (χ1v) is 4.89. The minimum absolute atomic E-state index is 0.0897. The molecule has 0 amide bonds. The molecule has 1 N–H and O–H groups in total.